The van der Waals surface area contributed by atoms with Crippen LogP contribution in [0.2, 0.25) is 0 Å². The molecule has 0 aromatic carbocycles. The topological polar surface area (TPSA) is 39.2 Å². The van der Waals surface area contributed by atoms with Crippen LogP contribution in [0.4, 0.5) is 4.39 Å². The summed E-state index contributed by atoms with van der Waals surface area (Å²) in [5.74, 6) is 3.32. The molecule has 1 heterocycles. The molecule has 0 aliphatic heterocycles. The van der Waals surface area contributed by atoms with E-state index in [4.69, 9.17) is 0 Å². The molecule has 0 fully saturated rings. The van der Waals surface area contributed by atoms with Crippen molar-refractivity contribution in [1.29, 1.82) is 0 Å². The minimum absolute atomic E-state index is 0.387. The quantitative estimate of drug-likeness (QED) is 0.335. The average molecular weight is 179 g/mol. The molecule has 0 aliphatic carbocycles. The first-order valence-electron chi connectivity index (χ1n) is 3.44. The van der Waals surface area contributed by atoms with Gasteiger partial charge in [-0.3, -0.25) is 0 Å². The van der Waals surface area contributed by atoms with E-state index in [9.17, 15) is 9.18 Å². The van der Waals surface area contributed by atoms with Crippen LogP contribution in [0.5, 0.6) is 0 Å². The zero-order chi connectivity index (χ0) is 9.68. The molecule has 0 amide bonds. The highest BCUT2D eigenvalue weighted by Crippen LogP contribution is 1.97. The first-order chi connectivity index (χ1) is 6.22. The summed E-state index contributed by atoms with van der Waals surface area (Å²) in [5.41, 5.74) is 0.387. The Kier molecular flexibility index (Phi) is 2.98. The molecular formula is C9H6FNO2. The highest BCUT2D eigenvalue weighted by Gasteiger charge is 1.93. The van der Waals surface area contributed by atoms with Gasteiger partial charge in [-0.25, -0.2) is 9.78 Å². The van der Waals surface area contributed by atoms with Gasteiger partial charge in [-0.15, -0.1) is 0 Å². The molecule has 0 radical (unpaired) electrons. The van der Waals surface area contributed by atoms with Crippen molar-refractivity contribution in [3.8, 4) is 11.8 Å². The van der Waals surface area contributed by atoms with Crippen molar-refractivity contribution in [3.05, 3.63) is 29.8 Å². The van der Waals surface area contributed by atoms with Crippen LogP contribution in [0.15, 0.2) is 18.3 Å². The number of ether oxygens (including phenoxy) is 1. The lowest BCUT2D eigenvalue weighted by atomic mass is 10.3. The number of carbonyl (C=O) groups excluding carboxylic acids is 1. The highest BCUT2D eigenvalue weighted by atomic mass is 19.1. The Bertz CT molecular complexity index is 379. The van der Waals surface area contributed by atoms with Crippen molar-refractivity contribution in [1.82, 2.24) is 4.98 Å². The molecule has 0 atom stereocenters. The lowest BCUT2D eigenvalue weighted by Crippen LogP contribution is -1.94. The van der Waals surface area contributed by atoms with Crippen LogP contribution < -0.4 is 0 Å². The van der Waals surface area contributed by atoms with Gasteiger partial charge in [-0.05, 0) is 6.07 Å². The van der Waals surface area contributed by atoms with Crippen molar-refractivity contribution in [2.24, 2.45) is 0 Å². The van der Waals surface area contributed by atoms with Crippen LogP contribution in [-0.2, 0) is 9.53 Å². The SMILES string of the molecule is COC(=O)C#Cc1ccnc(F)c1. The monoisotopic (exact) mass is 179 g/mol. The number of nitrogens with zero attached hydrogens (tertiary/aromatic N) is 1. The smallest absolute Gasteiger partial charge is 0.384 e. The molecule has 1 aromatic rings. The van der Waals surface area contributed by atoms with Crippen LogP contribution in [0.3, 0.4) is 0 Å². The van der Waals surface area contributed by atoms with E-state index in [1.807, 2.05) is 0 Å². The van der Waals surface area contributed by atoms with Gasteiger partial charge < -0.3 is 4.74 Å². The number of hydrogen-bond acceptors (Lipinski definition) is 3. The predicted molar refractivity (Wildman–Crippen MR) is 43.1 cm³/mol. The third-order valence-corrected chi connectivity index (χ3v) is 1.22. The highest BCUT2D eigenvalue weighted by molar-refractivity contribution is 5.88. The van der Waals surface area contributed by atoms with Crippen LogP contribution in [0, 0.1) is 17.8 Å². The number of pyridine rings is 1. The molecule has 4 heteroatoms. The van der Waals surface area contributed by atoms with E-state index in [0.717, 1.165) is 6.07 Å². The Morgan fingerprint density at radius 2 is 2.46 bits per heavy atom. The summed E-state index contributed by atoms with van der Waals surface area (Å²) in [7, 11) is 1.23. The van der Waals surface area contributed by atoms with Gasteiger partial charge >= 0.3 is 5.97 Å². The first kappa shape index (κ1) is 9.20. The fraction of sp³-hybridized carbons (Fsp3) is 0.111. The van der Waals surface area contributed by atoms with Gasteiger partial charge in [0.15, 0.2) is 0 Å². The van der Waals surface area contributed by atoms with Gasteiger partial charge in [0.05, 0.1) is 7.11 Å². The molecule has 0 unspecified atom stereocenters. The van der Waals surface area contributed by atoms with E-state index in [2.05, 4.69) is 21.6 Å². The van der Waals surface area contributed by atoms with Crippen LogP contribution in [-0.4, -0.2) is 18.1 Å². The third-order valence-electron chi connectivity index (χ3n) is 1.22. The maximum atomic E-state index is 12.5. The molecule has 3 nitrogen and oxygen atoms in total. The van der Waals surface area contributed by atoms with Crippen molar-refractivity contribution >= 4 is 5.97 Å². The summed E-state index contributed by atoms with van der Waals surface area (Å²) < 4.78 is 16.8. The summed E-state index contributed by atoms with van der Waals surface area (Å²) in [6, 6.07) is 2.63. The summed E-state index contributed by atoms with van der Waals surface area (Å²) in [4.78, 5) is 13.9. The number of methoxy groups -OCH3 is 1. The lowest BCUT2D eigenvalue weighted by Gasteiger charge is -1.88. The molecule has 0 saturated carbocycles. The van der Waals surface area contributed by atoms with E-state index in [1.54, 1.807) is 0 Å². The number of esters is 1. The summed E-state index contributed by atoms with van der Waals surface area (Å²) in [6.07, 6.45) is 1.27. The summed E-state index contributed by atoms with van der Waals surface area (Å²) in [5, 5.41) is 0. The number of hydrogen-bond donors (Lipinski definition) is 0. The zero-order valence-electron chi connectivity index (χ0n) is 6.87. The molecule has 13 heavy (non-hydrogen) atoms. The fourth-order valence-electron chi connectivity index (χ4n) is 0.654. The van der Waals surface area contributed by atoms with Crippen LogP contribution >= 0.6 is 0 Å². The minimum Gasteiger partial charge on any atom is -0.459 e. The maximum absolute atomic E-state index is 12.5. The number of rotatable bonds is 0. The number of aromatic nitrogens is 1. The summed E-state index contributed by atoms with van der Waals surface area (Å²) >= 11 is 0. The van der Waals surface area contributed by atoms with Gasteiger partial charge in [0.2, 0.25) is 5.95 Å². The maximum Gasteiger partial charge on any atom is 0.384 e. The molecule has 0 bridgehead atoms. The molecule has 66 valence electrons. The van der Waals surface area contributed by atoms with Gasteiger partial charge in [0.1, 0.15) is 0 Å². The largest absolute Gasteiger partial charge is 0.459 e. The lowest BCUT2D eigenvalue weighted by molar-refractivity contribution is -0.133. The van der Waals surface area contributed by atoms with Gasteiger partial charge in [0.25, 0.3) is 0 Å². The molecular weight excluding hydrogens is 173 g/mol. The molecule has 0 saturated heterocycles. The van der Waals surface area contributed by atoms with Gasteiger partial charge in [0, 0.05) is 23.7 Å². The Balaban J connectivity index is 2.83. The van der Waals surface area contributed by atoms with Gasteiger partial charge in [-0.1, -0.05) is 5.92 Å². The van der Waals surface area contributed by atoms with Crippen molar-refractivity contribution in [2.45, 2.75) is 0 Å². The zero-order valence-corrected chi connectivity index (χ0v) is 6.87. The van der Waals surface area contributed by atoms with E-state index in [0.29, 0.717) is 5.56 Å². The molecule has 1 aromatic heterocycles. The van der Waals surface area contributed by atoms with E-state index < -0.39 is 11.9 Å². The molecule has 0 spiro atoms. The van der Waals surface area contributed by atoms with E-state index in [1.165, 1.54) is 19.4 Å². The minimum atomic E-state index is -0.655. The van der Waals surface area contributed by atoms with Crippen molar-refractivity contribution in [3.63, 3.8) is 0 Å². The van der Waals surface area contributed by atoms with Crippen molar-refractivity contribution < 1.29 is 13.9 Å². The average Bonchev–Trinajstić information content (AvgIpc) is 2.14. The molecule has 0 aliphatic rings. The standard InChI is InChI=1S/C9H6FNO2/c1-13-9(12)3-2-7-4-5-11-8(10)6-7/h4-6H,1H3. The van der Waals surface area contributed by atoms with E-state index in [-0.39, 0.29) is 0 Å². The van der Waals surface area contributed by atoms with Crippen LogP contribution in [0.25, 0.3) is 0 Å². The normalized spacial score (nSPS) is 8.46. The number of carbonyl (C=O) groups is 1. The van der Waals surface area contributed by atoms with E-state index >= 15 is 0 Å². The second-order valence-corrected chi connectivity index (χ2v) is 2.11. The fourth-order valence-corrected chi connectivity index (χ4v) is 0.654. The molecule has 0 N–H and O–H groups in total. The second kappa shape index (κ2) is 4.21. The van der Waals surface area contributed by atoms with Crippen molar-refractivity contribution in [2.75, 3.05) is 7.11 Å². The Morgan fingerprint density at radius 3 is 3.08 bits per heavy atom. The van der Waals surface area contributed by atoms with Crippen LogP contribution in [0.1, 0.15) is 5.56 Å². The predicted octanol–water partition coefficient (Wildman–Crippen LogP) is 0.745. The Hall–Kier alpha value is -1.89. The van der Waals surface area contributed by atoms with Gasteiger partial charge in [-0.2, -0.15) is 4.39 Å². The Labute approximate surface area is 74.6 Å². The number of halogens is 1. The summed E-state index contributed by atoms with van der Waals surface area (Å²) in [6.45, 7) is 0. The first-order valence-corrected chi connectivity index (χ1v) is 3.44. The molecule has 1 rings (SSSR count). The second-order valence-electron chi connectivity index (χ2n) is 2.11. The third kappa shape index (κ3) is 2.91. The Morgan fingerprint density at radius 1 is 1.69 bits per heavy atom.